The van der Waals surface area contributed by atoms with Crippen LogP contribution in [-0.4, -0.2) is 40.8 Å². The number of aromatic amines is 1. The maximum atomic E-state index is 13.1. The van der Waals surface area contributed by atoms with Crippen molar-refractivity contribution >= 4 is 11.6 Å². The smallest absolute Gasteiger partial charge is 0.235 e. The highest BCUT2D eigenvalue weighted by atomic mass is 16.5. The highest BCUT2D eigenvalue weighted by Gasteiger charge is 2.26. The summed E-state index contributed by atoms with van der Waals surface area (Å²) in [6.45, 7) is 3.98. The molecule has 0 aliphatic heterocycles. The maximum absolute atomic E-state index is 13.1. The standard InChI is InChI=1S/C20H23N5O3/c1-12-6-5-7-16(13(12)2)21-20(26)15(19-22-24-25-23-19)10-14-8-9-17(27-3)18(11-14)28-4/h5-9,11,15H,10H2,1-4H3,(H,21,26)(H,22,23,24,25)/t15-/m1/s1. The Morgan fingerprint density at radius 1 is 1.14 bits per heavy atom. The molecule has 0 spiro atoms. The Labute approximate surface area is 163 Å². The van der Waals surface area contributed by atoms with Crippen molar-refractivity contribution < 1.29 is 14.3 Å². The van der Waals surface area contributed by atoms with E-state index in [1.807, 2.05) is 50.2 Å². The van der Waals surface area contributed by atoms with Gasteiger partial charge in [-0.2, -0.15) is 5.21 Å². The molecule has 2 N–H and O–H groups in total. The molecule has 0 bridgehead atoms. The fourth-order valence-corrected chi connectivity index (χ4v) is 2.97. The number of carbonyl (C=O) groups is 1. The van der Waals surface area contributed by atoms with Gasteiger partial charge < -0.3 is 14.8 Å². The Balaban J connectivity index is 1.88. The Morgan fingerprint density at radius 2 is 1.93 bits per heavy atom. The zero-order valence-electron chi connectivity index (χ0n) is 16.3. The third-order valence-electron chi connectivity index (χ3n) is 4.74. The van der Waals surface area contributed by atoms with Gasteiger partial charge in [0.1, 0.15) is 5.92 Å². The van der Waals surface area contributed by atoms with E-state index >= 15 is 0 Å². The van der Waals surface area contributed by atoms with Crippen LogP contribution >= 0.6 is 0 Å². The van der Waals surface area contributed by atoms with Crippen LogP contribution in [0, 0.1) is 13.8 Å². The molecule has 8 nitrogen and oxygen atoms in total. The lowest BCUT2D eigenvalue weighted by molar-refractivity contribution is -0.117. The van der Waals surface area contributed by atoms with Crippen LogP contribution in [0.25, 0.3) is 0 Å². The minimum absolute atomic E-state index is 0.204. The van der Waals surface area contributed by atoms with Crippen LogP contribution in [-0.2, 0) is 11.2 Å². The lowest BCUT2D eigenvalue weighted by Crippen LogP contribution is -2.24. The van der Waals surface area contributed by atoms with Crippen LogP contribution < -0.4 is 14.8 Å². The van der Waals surface area contributed by atoms with E-state index in [0.29, 0.717) is 23.7 Å². The van der Waals surface area contributed by atoms with Gasteiger partial charge in [0.05, 0.1) is 14.2 Å². The Kier molecular flexibility index (Phi) is 5.88. The second-order valence-corrected chi connectivity index (χ2v) is 6.45. The molecule has 3 rings (SSSR count). The van der Waals surface area contributed by atoms with E-state index in [-0.39, 0.29) is 5.91 Å². The summed E-state index contributed by atoms with van der Waals surface area (Å²) in [7, 11) is 3.16. The van der Waals surface area contributed by atoms with Gasteiger partial charge in [-0.15, -0.1) is 10.2 Å². The summed E-state index contributed by atoms with van der Waals surface area (Å²) in [5.74, 6) is 0.739. The predicted molar refractivity (Wildman–Crippen MR) is 105 cm³/mol. The molecule has 1 aromatic heterocycles. The summed E-state index contributed by atoms with van der Waals surface area (Å²) < 4.78 is 10.6. The van der Waals surface area contributed by atoms with Crippen molar-refractivity contribution in [3.8, 4) is 11.5 Å². The van der Waals surface area contributed by atoms with Crippen molar-refractivity contribution in [2.45, 2.75) is 26.2 Å². The van der Waals surface area contributed by atoms with Gasteiger partial charge in [0.2, 0.25) is 5.91 Å². The zero-order chi connectivity index (χ0) is 20.1. The molecule has 1 amide bonds. The van der Waals surface area contributed by atoms with Crippen molar-refractivity contribution in [2.75, 3.05) is 19.5 Å². The van der Waals surface area contributed by atoms with Crippen LogP contribution in [0.15, 0.2) is 36.4 Å². The summed E-state index contributed by atoms with van der Waals surface area (Å²) >= 11 is 0. The van der Waals surface area contributed by atoms with Crippen LogP contribution in [0.3, 0.4) is 0 Å². The number of benzene rings is 2. The van der Waals surface area contributed by atoms with Gasteiger partial charge in [0.25, 0.3) is 0 Å². The van der Waals surface area contributed by atoms with Crippen molar-refractivity contribution in [1.82, 2.24) is 20.6 Å². The number of hydrogen-bond acceptors (Lipinski definition) is 6. The summed E-state index contributed by atoms with van der Waals surface area (Å²) in [5, 5.41) is 17.1. The van der Waals surface area contributed by atoms with E-state index < -0.39 is 5.92 Å². The number of amides is 1. The van der Waals surface area contributed by atoms with Gasteiger partial charge in [0, 0.05) is 5.69 Å². The zero-order valence-corrected chi connectivity index (χ0v) is 16.3. The first-order valence-corrected chi connectivity index (χ1v) is 8.84. The highest BCUT2D eigenvalue weighted by molar-refractivity contribution is 5.96. The maximum Gasteiger partial charge on any atom is 0.235 e. The van der Waals surface area contributed by atoms with Gasteiger partial charge in [-0.05, 0) is 55.2 Å². The van der Waals surface area contributed by atoms with E-state index in [2.05, 4.69) is 25.9 Å². The normalized spacial score (nSPS) is 11.7. The fourth-order valence-electron chi connectivity index (χ4n) is 2.97. The SMILES string of the molecule is COc1ccc(C[C@@H](C(=O)Nc2cccc(C)c2C)c2nn[nH]n2)cc1OC. The van der Waals surface area contributed by atoms with E-state index in [4.69, 9.17) is 9.47 Å². The average molecular weight is 381 g/mol. The Hall–Kier alpha value is -3.42. The number of nitrogens with one attached hydrogen (secondary N) is 2. The first kappa shape index (κ1) is 19.3. The van der Waals surface area contributed by atoms with Crippen LogP contribution in [0.2, 0.25) is 0 Å². The molecule has 0 unspecified atom stereocenters. The molecule has 0 saturated carbocycles. The van der Waals surface area contributed by atoms with Gasteiger partial charge in [0.15, 0.2) is 17.3 Å². The Bertz CT molecular complexity index is 956. The number of aromatic nitrogens is 4. The van der Waals surface area contributed by atoms with Gasteiger partial charge >= 0.3 is 0 Å². The third kappa shape index (κ3) is 4.11. The highest BCUT2D eigenvalue weighted by Crippen LogP contribution is 2.30. The molecule has 0 aliphatic carbocycles. The molecule has 146 valence electrons. The van der Waals surface area contributed by atoms with Gasteiger partial charge in [-0.3, -0.25) is 4.79 Å². The molecule has 0 radical (unpaired) electrons. The second-order valence-electron chi connectivity index (χ2n) is 6.45. The van der Waals surface area contributed by atoms with Gasteiger partial charge in [-0.25, -0.2) is 0 Å². The molecule has 3 aromatic rings. The monoisotopic (exact) mass is 381 g/mol. The van der Waals surface area contributed by atoms with E-state index in [0.717, 1.165) is 22.4 Å². The number of ether oxygens (including phenoxy) is 2. The van der Waals surface area contributed by atoms with E-state index in [9.17, 15) is 4.79 Å². The van der Waals surface area contributed by atoms with Crippen molar-refractivity contribution in [3.63, 3.8) is 0 Å². The first-order valence-electron chi connectivity index (χ1n) is 8.84. The lowest BCUT2D eigenvalue weighted by atomic mass is 9.97. The molecule has 0 aliphatic rings. The van der Waals surface area contributed by atoms with Crippen LogP contribution in [0.4, 0.5) is 5.69 Å². The Morgan fingerprint density at radius 3 is 2.61 bits per heavy atom. The molecule has 1 heterocycles. The third-order valence-corrected chi connectivity index (χ3v) is 4.74. The van der Waals surface area contributed by atoms with Gasteiger partial charge in [-0.1, -0.05) is 23.4 Å². The largest absolute Gasteiger partial charge is 0.493 e. The summed E-state index contributed by atoms with van der Waals surface area (Å²) in [6.07, 6.45) is 0.386. The molecular weight excluding hydrogens is 358 g/mol. The minimum Gasteiger partial charge on any atom is -0.493 e. The summed E-state index contributed by atoms with van der Waals surface area (Å²) in [4.78, 5) is 13.1. The number of nitrogens with zero attached hydrogens (tertiary/aromatic N) is 3. The van der Waals surface area contributed by atoms with Crippen LogP contribution in [0.5, 0.6) is 11.5 Å². The number of H-pyrrole nitrogens is 1. The molecule has 0 saturated heterocycles. The molecular formula is C20H23N5O3. The number of methoxy groups -OCH3 is 2. The fraction of sp³-hybridized carbons (Fsp3) is 0.300. The van der Waals surface area contributed by atoms with Crippen molar-refractivity contribution in [3.05, 3.63) is 58.9 Å². The first-order chi connectivity index (χ1) is 13.5. The van der Waals surface area contributed by atoms with Crippen molar-refractivity contribution in [2.24, 2.45) is 0 Å². The number of carbonyl (C=O) groups excluding carboxylic acids is 1. The second kappa shape index (κ2) is 8.51. The van der Waals surface area contributed by atoms with E-state index in [1.165, 1.54) is 0 Å². The number of aryl methyl sites for hydroxylation is 1. The lowest BCUT2D eigenvalue weighted by Gasteiger charge is -2.17. The topological polar surface area (TPSA) is 102 Å². The molecule has 8 heteroatoms. The minimum atomic E-state index is -0.614. The number of tetrazole rings is 1. The molecule has 0 fully saturated rings. The molecule has 1 atom stereocenters. The molecule has 2 aromatic carbocycles. The summed E-state index contributed by atoms with van der Waals surface area (Å²) in [6, 6.07) is 11.3. The quantitative estimate of drug-likeness (QED) is 0.652. The van der Waals surface area contributed by atoms with E-state index in [1.54, 1.807) is 14.2 Å². The average Bonchev–Trinajstić information content (AvgIpc) is 3.23. The van der Waals surface area contributed by atoms with Crippen molar-refractivity contribution in [1.29, 1.82) is 0 Å². The summed E-state index contributed by atoms with van der Waals surface area (Å²) in [5.41, 5.74) is 3.79. The number of rotatable bonds is 7. The predicted octanol–water partition coefficient (Wildman–Crippen LogP) is 2.80. The number of anilines is 1. The van der Waals surface area contributed by atoms with Crippen LogP contribution in [0.1, 0.15) is 28.4 Å². The molecule has 28 heavy (non-hydrogen) atoms. The number of hydrogen-bond donors (Lipinski definition) is 2.